The highest BCUT2D eigenvalue weighted by atomic mass is 16.1. The predicted molar refractivity (Wildman–Crippen MR) is 77.6 cm³/mol. The summed E-state index contributed by atoms with van der Waals surface area (Å²) in [4.78, 5) is 16.0. The second-order valence-corrected chi connectivity index (χ2v) is 5.77. The van der Waals surface area contributed by atoms with Crippen molar-refractivity contribution >= 4 is 5.91 Å². The maximum Gasteiger partial charge on any atom is 0.251 e. The molecule has 0 aliphatic carbocycles. The molecule has 0 saturated carbocycles. The van der Waals surface area contributed by atoms with Crippen LogP contribution >= 0.6 is 0 Å². The number of H-pyrrole nitrogens is 1. The zero-order chi connectivity index (χ0) is 14.6. The summed E-state index contributed by atoms with van der Waals surface area (Å²) in [5.41, 5.74) is 1.99. The van der Waals surface area contributed by atoms with E-state index in [1.807, 2.05) is 24.3 Å². The molecular weight excluding hydrogens is 252 g/mol. The minimum Gasteiger partial charge on any atom is -0.352 e. The van der Waals surface area contributed by atoms with Gasteiger partial charge in [0.15, 0.2) is 0 Å². The maximum atomic E-state index is 12.0. The van der Waals surface area contributed by atoms with Gasteiger partial charge in [-0.2, -0.15) is 5.10 Å². The highest BCUT2D eigenvalue weighted by Crippen LogP contribution is 2.22. The van der Waals surface area contributed by atoms with Crippen LogP contribution in [0.5, 0.6) is 0 Å². The predicted octanol–water partition coefficient (Wildman–Crippen LogP) is 2.07. The molecule has 0 radical (unpaired) electrons. The third-order valence-corrected chi connectivity index (χ3v) is 3.13. The molecule has 20 heavy (non-hydrogen) atoms. The molecule has 5 nitrogen and oxygen atoms in total. The van der Waals surface area contributed by atoms with Crippen LogP contribution in [0, 0.1) is 0 Å². The van der Waals surface area contributed by atoms with E-state index >= 15 is 0 Å². The molecule has 0 saturated heterocycles. The normalized spacial score (nSPS) is 11.3. The van der Waals surface area contributed by atoms with Crippen molar-refractivity contribution in [3.63, 3.8) is 0 Å². The van der Waals surface area contributed by atoms with Gasteiger partial charge in [-0.3, -0.25) is 9.89 Å². The van der Waals surface area contributed by atoms with Gasteiger partial charge in [0, 0.05) is 18.5 Å². The second-order valence-electron chi connectivity index (χ2n) is 5.77. The van der Waals surface area contributed by atoms with Crippen LogP contribution in [0.3, 0.4) is 0 Å². The summed E-state index contributed by atoms with van der Waals surface area (Å²) in [5.74, 6) is 0.707. The van der Waals surface area contributed by atoms with Gasteiger partial charge in [-0.1, -0.05) is 32.9 Å². The number of benzene rings is 1. The first kappa shape index (κ1) is 14.2. The molecule has 1 aromatic carbocycles. The van der Waals surface area contributed by atoms with E-state index in [0.717, 1.165) is 5.82 Å². The summed E-state index contributed by atoms with van der Waals surface area (Å²) in [7, 11) is 0. The number of hydrogen-bond donors (Lipinski definition) is 2. The summed E-state index contributed by atoms with van der Waals surface area (Å²) < 4.78 is 0. The second kappa shape index (κ2) is 5.86. The van der Waals surface area contributed by atoms with E-state index in [1.54, 1.807) is 0 Å². The highest BCUT2D eigenvalue weighted by molar-refractivity contribution is 5.94. The fourth-order valence-electron chi connectivity index (χ4n) is 1.87. The van der Waals surface area contributed by atoms with Gasteiger partial charge in [-0.25, -0.2) is 4.98 Å². The van der Waals surface area contributed by atoms with Crippen molar-refractivity contribution in [1.82, 2.24) is 20.5 Å². The van der Waals surface area contributed by atoms with E-state index in [9.17, 15) is 4.79 Å². The fourth-order valence-corrected chi connectivity index (χ4v) is 1.87. The molecule has 0 bridgehead atoms. The standard InChI is InChI=1S/C15H20N4O/c1-15(2,3)12-6-4-11(5-7-12)14(20)16-9-8-13-17-10-18-19-13/h4-7,10H,8-9H2,1-3H3,(H,16,20)(H,17,18,19). The molecule has 0 fully saturated rings. The lowest BCUT2D eigenvalue weighted by Gasteiger charge is -2.19. The van der Waals surface area contributed by atoms with Crippen LogP contribution in [0.25, 0.3) is 0 Å². The molecule has 1 amide bonds. The lowest BCUT2D eigenvalue weighted by molar-refractivity contribution is 0.0954. The van der Waals surface area contributed by atoms with Crippen molar-refractivity contribution < 1.29 is 4.79 Å². The Morgan fingerprint density at radius 3 is 2.50 bits per heavy atom. The van der Waals surface area contributed by atoms with Crippen molar-refractivity contribution in [1.29, 1.82) is 0 Å². The van der Waals surface area contributed by atoms with Gasteiger partial charge in [0.1, 0.15) is 12.2 Å². The molecule has 1 aromatic heterocycles. The molecular formula is C15H20N4O. The highest BCUT2D eigenvalue weighted by Gasteiger charge is 2.14. The van der Waals surface area contributed by atoms with Crippen molar-refractivity contribution in [3.05, 3.63) is 47.5 Å². The average Bonchev–Trinajstić information content (AvgIpc) is 2.91. The monoisotopic (exact) mass is 272 g/mol. The molecule has 0 atom stereocenters. The molecule has 2 rings (SSSR count). The molecule has 2 N–H and O–H groups in total. The first-order valence-corrected chi connectivity index (χ1v) is 6.70. The third-order valence-electron chi connectivity index (χ3n) is 3.13. The van der Waals surface area contributed by atoms with E-state index < -0.39 is 0 Å². The van der Waals surface area contributed by atoms with Crippen LogP contribution in [0.4, 0.5) is 0 Å². The maximum absolute atomic E-state index is 12.0. The number of aromatic nitrogens is 3. The van der Waals surface area contributed by atoms with E-state index in [2.05, 4.69) is 41.3 Å². The molecule has 5 heteroatoms. The van der Waals surface area contributed by atoms with Gasteiger partial charge >= 0.3 is 0 Å². The number of carbonyl (C=O) groups excluding carboxylic acids is 1. The Labute approximate surface area is 118 Å². The van der Waals surface area contributed by atoms with Gasteiger partial charge in [0.25, 0.3) is 5.91 Å². The zero-order valence-electron chi connectivity index (χ0n) is 12.1. The lowest BCUT2D eigenvalue weighted by Crippen LogP contribution is -2.26. The Hall–Kier alpha value is -2.17. The summed E-state index contributed by atoms with van der Waals surface area (Å²) in [6.07, 6.45) is 2.11. The Balaban J connectivity index is 1.89. The molecule has 2 aromatic rings. The number of hydrogen-bond acceptors (Lipinski definition) is 3. The number of aromatic amines is 1. The Morgan fingerprint density at radius 1 is 1.25 bits per heavy atom. The molecule has 106 valence electrons. The zero-order valence-corrected chi connectivity index (χ0v) is 12.1. The fraction of sp³-hybridized carbons (Fsp3) is 0.400. The van der Waals surface area contributed by atoms with E-state index in [4.69, 9.17) is 0 Å². The first-order chi connectivity index (χ1) is 9.47. The summed E-state index contributed by atoms with van der Waals surface area (Å²) >= 11 is 0. The number of nitrogens with zero attached hydrogens (tertiary/aromatic N) is 2. The molecule has 0 unspecified atom stereocenters. The van der Waals surface area contributed by atoms with Crippen LogP contribution < -0.4 is 5.32 Å². The molecule has 0 aliphatic rings. The Bertz CT molecular complexity index is 553. The summed E-state index contributed by atoms with van der Waals surface area (Å²) in [5, 5.41) is 9.39. The minimum atomic E-state index is -0.0648. The quantitative estimate of drug-likeness (QED) is 0.895. The number of amides is 1. The van der Waals surface area contributed by atoms with Gasteiger partial charge in [-0.05, 0) is 23.1 Å². The topological polar surface area (TPSA) is 70.7 Å². The SMILES string of the molecule is CC(C)(C)c1ccc(C(=O)NCCc2ncn[nH]2)cc1. The smallest absolute Gasteiger partial charge is 0.251 e. The van der Waals surface area contributed by atoms with Crippen LogP contribution in [0.15, 0.2) is 30.6 Å². The number of carbonyl (C=O) groups is 1. The van der Waals surface area contributed by atoms with Crippen LogP contribution in [0.2, 0.25) is 0 Å². The largest absolute Gasteiger partial charge is 0.352 e. The minimum absolute atomic E-state index is 0.0648. The van der Waals surface area contributed by atoms with Crippen molar-refractivity contribution in [2.45, 2.75) is 32.6 Å². The van der Waals surface area contributed by atoms with E-state index in [-0.39, 0.29) is 11.3 Å². The Morgan fingerprint density at radius 2 is 1.95 bits per heavy atom. The number of nitrogens with one attached hydrogen (secondary N) is 2. The third kappa shape index (κ3) is 3.66. The van der Waals surface area contributed by atoms with Crippen LogP contribution in [-0.4, -0.2) is 27.6 Å². The van der Waals surface area contributed by atoms with Crippen LogP contribution in [-0.2, 0) is 11.8 Å². The molecule has 0 aliphatic heterocycles. The van der Waals surface area contributed by atoms with Gasteiger partial charge in [0.05, 0.1) is 0 Å². The summed E-state index contributed by atoms with van der Waals surface area (Å²) in [6, 6.07) is 7.74. The average molecular weight is 272 g/mol. The van der Waals surface area contributed by atoms with Gasteiger partial charge in [-0.15, -0.1) is 0 Å². The van der Waals surface area contributed by atoms with Gasteiger partial charge < -0.3 is 5.32 Å². The Kier molecular flexibility index (Phi) is 4.17. The van der Waals surface area contributed by atoms with Gasteiger partial charge in [0.2, 0.25) is 0 Å². The molecule has 1 heterocycles. The van der Waals surface area contributed by atoms with E-state index in [0.29, 0.717) is 18.5 Å². The lowest BCUT2D eigenvalue weighted by atomic mass is 9.87. The van der Waals surface area contributed by atoms with Crippen molar-refractivity contribution in [2.75, 3.05) is 6.54 Å². The summed E-state index contributed by atoms with van der Waals surface area (Å²) in [6.45, 7) is 6.99. The molecule has 0 spiro atoms. The van der Waals surface area contributed by atoms with E-state index in [1.165, 1.54) is 11.9 Å². The first-order valence-electron chi connectivity index (χ1n) is 6.70. The van der Waals surface area contributed by atoms with Crippen molar-refractivity contribution in [2.24, 2.45) is 0 Å². The van der Waals surface area contributed by atoms with Crippen LogP contribution in [0.1, 0.15) is 42.5 Å². The number of rotatable bonds is 4. The van der Waals surface area contributed by atoms with Crippen molar-refractivity contribution in [3.8, 4) is 0 Å².